The summed E-state index contributed by atoms with van der Waals surface area (Å²) in [5.41, 5.74) is 4.10. The Balaban J connectivity index is 1.97. The second kappa shape index (κ2) is 7.25. The quantitative estimate of drug-likeness (QED) is 0.765. The minimum Gasteiger partial charge on any atom is -0.507 e. The number of rotatable bonds is 6. The molecule has 3 N–H and O–H groups in total. The lowest BCUT2D eigenvalue weighted by Gasteiger charge is -2.17. The summed E-state index contributed by atoms with van der Waals surface area (Å²) in [5.74, 6) is 0.363. The van der Waals surface area contributed by atoms with Gasteiger partial charge in [0.05, 0.1) is 6.61 Å². The molecule has 2 rings (SSSR count). The van der Waals surface area contributed by atoms with Crippen molar-refractivity contribution in [3.63, 3.8) is 0 Å². The van der Waals surface area contributed by atoms with Crippen molar-refractivity contribution in [3.05, 3.63) is 64.7 Å². The molecule has 0 amide bonds. The maximum absolute atomic E-state index is 9.79. The Morgan fingerprint density at radius 2 is 1.62 bits per heavy atom. The minimum absolute atomic E-state index is 0.0295. The van der Waals surface area contributed by atoms with E-state index < -0.39 is 0 Å². The van der Waals surface area contributed by atoms with Gasteiger partial charge in [-0.2, -0.15) is 0 Å². The van der Waals surface area contributed by atoms with Gasteiger partial charge in [-0.25, -0.2) is 0 Å². The maximum atomic E-state index is 9.79. The number of aryl methyl sites for hydroxylation is 2. The van der Waals surface area contributed by atoms with E-state index in [0.29, 0.717) is 12.3 Å². The summed E-state index contributed by atoms with van der Waals surface area (Å²) < 4.78 is 0. The molecule has 0 fully saturated rings. The molecule has 1 atom stereocenters. The molecule has 0 bridgehead atoms. The van der Waals surface area contributed by atoms with Gasteiger partial charge in [-0.15, -0.1) is 0 Å². The highest BCUT2D eigenvalue weighted by atomic mass is 16.3. The van der Waals surface area contributed by atoms with Crippen LogP contribution in [0.5, 0.6) is 5.75 Å². The Labute approximate surface area is 126 Å². The first-order chi connectivity index (χ1) is 10.1. The predicted octanol–water partition coefficient (Wildman–Crippen LogP) is 2.70. The van der Waals surface area contributed by atoms with Crippen LogP contribution in [0.2, 0.25) is 0 Å². The molecule has 0 saturated carbocycles. The fourth-order valence-electron chi connectivity index (χ4n) is 2.51. The van der Waals surface area contributed by atoms with Gasteiger partial charge < -0.3 is 15.5 Å². The first-order valence-corrected chi connectivity index (χ1v) is 7.27. The molecule has 0 aromatic heterocycles. The number of aromatic hydroxyl groups is 1. The molecule has 0 saturated heterocycles. The molecule has 0 unspecified atom stereocenters. The molecule has 0 radical (unpaired) electrons. The van der Waals surface area contributed by atoms with Crippen LogP contribution in [0.15, 0.2) is 42.5 Å². The topological polar surface area (TPSA) is 52.5 Å². The summed E-state index contributed by atoms with van der Waals surface area (Å²) >= 11 is 0. The molecule has 0 aliphatic heterocycles. The molecule has 2 aromatic rings. The third-order valence-corrected chi connectivity index (χ3v) is 3.69. The molecule has 112 valence electrons. The molecule has 21 heavy (non-hydrogen) atoms. The van der Waals surface area contributed by atoms with Crippen LogP contribution >= 0.6 is 0 Å². The van der Waals surface area contributed by atoms with Crippen molar-refractivity contribution >= 4 is 0 Å². The second-order valence-electron chi connectivity index (χ2n) is 5.53. The highest BCUT2D eigenvalue weighted by Gasteiger charge is 2.09. The van der Waals surface area contributed by atoms with E-state index in [4.69, 9.17) is 0 Å². The van der Waals surface area contributed by atoms with Crippen molar-refractivity contribution < 1.29 is 10.2 Å². The van der Waals surface area contributed by atoms with Crippen molar-refractivity contribution in [2.45, 2.75) is 32.9 Å². The molecule has 0 aliphatic rings. The predicted molar refractivity (Wildman–Crippen MR) is 85.4 cm³/mol. The largest absolute Gasteiger partial charge is 0.507 e. The van der Waals surface area contributed by atoms with Crippen molar-refractivity contribution in [1.29, 1.82) is 0 Å². The van der Waals surface area contributed by atoms with Gasteiger partial charge in [-0.05, 0) is 42.5 Å². The zero-order valence-electron chi connectivity index (χ0n) is 12.6. The summed E-state index contributed by atoms with van der Waals surface area (Å²) in [5, 5.41) is 22.7. The minimum atomic E-state index is 0.0295. The average Bonchev–Trinajstić information content (AvgIpc) is 2.49. The number of benzene rings is 2. The second-order valence-corrected chi connectivity index (χ2v) is 5.53. The number of nitrogens with one attached hydrogen (secondary N) is 1. The summed E-state index contributed by atoms with van der Waals surface area (Å²) in [6, 6.07) is 14.1. The SMILES string of the molecule is Cc1cc(CN[C@@H](CO)Cc2ccccc2)cc(C)c1O. The van der Waals surface area contributed by atoms with E-state index in [9.17, 15) is 10.2 Å². The van der Waals surface area contributed by atoms with E-state index in [1.165, 1.54) is 5.56 Å². The standard InChI is InChI=1S/C18H23NO2/c1-13-8-16(9-14(2)18(13)21)11-19-17(12-20)10-15-6-4-3-5-7-15/h3-9,17,19-21H,10-12H2,1-2H3/t17-/m1/s1. The zero-order valence-corrected chi connectivity index (χ0v) is 12.6. The monoisotopic (exact) mass is 285 g/mol. The number of hydrogen-bond acceptors (Lipinski definition) is 3. The lowest BCUT2D eigenvalue weighted by Crippen LogP contribution is -2.34. The van der Waals surface area contributed by atoms with Gasteiger partial charge in [0.1, 0.15) is 5.75 Å². The Hall–Kier alpha value is -1.84. The van der Waals surface area contributed by atoms with Crippen molar-refractivity contribution in [2.75, 3.05) is 6.61 Å². The molecular weight excluding hydrogens is 262 g/mol. The van der Waals surface area contributed by atoms with Crippen LogP contribution in [-0.4, -0.2) is 22.9 Å². The fourth-order valence-corrected chi connectivity index (χ4v) is 2.51. The van der Waals surface area contributed by atoms with E-state index in [1.807, 2.05) is 44.2 Å². The first kappa shape index (κ1) is 15.5. The van der Waals surface area contributed by atoms with E-state index in [-0.39, 0.29) is 12.6 Å². The van der Waals surface area contributed by atoms with Gasteiger partial charge in [0.15, 0.2) is 0 Å². The third kappa shape index (κ3) is 4.31. The molecular formula is C18H23NO2. The Bertz CT molecular complexity index is 558. The molecule has 2 aromatic carbocycles. The van der Waals surface area contributed by atoms with Crippen LogP contribution in [0.1, 0.15) is 22.3 Å². The van der Waals surface area contributed by atoms with E-state index in [2.05, 4.69) is 17.4 Å². The number of aliphatic hydroxyl groups excluding tert-OH is 1. The zero-order chi connectivity index (χ0) is 15.2. The van der Waals surface area contributed by atoms with Crippen LogP contribution in [-0.2, 0) is 13.0 Å². The van der Waals surface area contributed by atoms with Crippen molar-refractivity contribution in [3.8, 4) is 5.75 Å². The normalized spacial score (nSPS) is 12.3. The molecule has 0 spiro atoms. The highest BCUT2D eigenvalue weighted by Crippen LogP contribution is 2.22. The molecule has 0 heterocycles. The number of hydrogen-bond donors (Lipinski definition) is 3. The van der Waals surface area contributed by atoms with Gasteiger partial charge in [0.25, 0.3) is 0 Å². The Kier molecular flexibility index (Phi) is 5.37. The van der Waals surface area contributed by atoms with E-state index >= 15 is 0 Å². The van der Waals surface area contributed by atoms with Crippen LogP contribution in [0.3, 0.4) is 0 Å². The van der Waals surface area contributed by atoms with Gasteiger partial charge in [-0.1, -0.05) is 42.5 Å². The third-order valence-electron chi connectivity index (χ3n) is 3.69. The smallest absolute Gasteiger partial charge is 0.121 e. The molecule has 3 nitrogen and oxygen atoms in total. The first-order valence-electron chi connectivity index (χ1n) is 7.27. The number of phenols is 1. The Morgan fingerprint density at radius 3 is 2.19 bits per heavy atom. The summed E-state index contributed by atoms with van der Waals surface area (Å²) in [6.45, 7) is 4.59. The molecule has 0 aliphatic carbocycles. The molecule has 3 heteroatoms. The van der Waals surface area contributed by atoms with Crippen LogP contribution < -0.4 is 5.32 Å². The summed E-state index contributed by atoms with van der Waals surface area (Å²) in [6.07, 6.45) is 0.799. The van der Waals surface area contributed by atoms with Gasteiger partial charge >= 0.3 is 0 Å². The van der Waals surface area contributed by atoms with E-state index in [0.717, 1.165) is 23.1 Å². The number of aliphatic hydroxyl groups is 1. The van der Waals surface area contributed by atoms with Gasteiger partial charge in [0.2, 0.25) is 0 Å². The maximum Gasteiger partial charge on any atom is 0.121 e. The van der Waals surface area contributed by atoms with Crippen LogP contribution in [0.4, 0.5) is 0 Å². The van der Waals surface area contributed by atoms with E-state index in [1.54, 1.807) is 0 Å². The lowest BCUT2D eigenvalue weighted by molar-refractivity contribution is 0.241. The van der Waals surface area contributed by atoms with Crippen LogP contribution in [0, 0.1) is 13.8 Å². The van der Waals surface area contributed by atoms with Crippen molar-refractivity contribution in [2.24, 2.45) is 0 Å². The summed E-state index contributed by atoms with van der Waals surface area (Å²) in [7, 11) is 0. The van der Waals surface area contributed by atoms with Gasteiger partial charge in [0, 0.05) is 12.6 Å². The van der Waals surface area contributed by atoms with Gasteiger partial charge in [-0.3, -0.25) is 0 Å². The fraction of sp³-hybridized carbons (Fsp3) is 0.333. The summed E-state index contributed by atoms with van der Waals surface area (Å²) in [4.78, 5) is 0. The highest BCUT2D eigenvalue weighted by molar-refractivity contribution is 5.42. The number of phenolic OH excluding ortho intramolecular Hbond substituents is 1. The Morgan fingerprint density at radius 1 is 1.00 bits per heavy atom. The van der Waals surface area contributed by atoms with Crippen LogP contribution in [0.25, 0.3) is 0 Å². The van der Waals surface area contributed by atoms with Crippen molar-refractivity contribution in [1.82, 2.24) is 5.32 Å². The lowest BCUT2D eigenvalue weighted by atomic mass is 10.0. The average molecular weight is 285 g/mol.